The highest BCUT2D eigenvalue weighted by molar-refractivity contribution is 5.61. The van der Waals surface area contributed by atoms with E-state index in [9.17, 15) is 13.2 Å². The van der Waals surface area contributed by atoms with E-state index in [1.54, 1.807) is 24.3 Å². The Kier molecular flexibility index (Phi) is 3.14. The lowest BCUT2D eigenvalue weighted by atomic mass is 10.2. The SMILES string of the molecule is Nc1ccc(Nc2ccc(C(F)(F)F)cc2)cc1. The van der Waals surface area contributed by atoms with Gasteiger partial charge in [0.1, 0.15) is 0 Å². The third kappa shape index (κ3) is 2.94. The van der Waals surface area contributed by atoms with Gasteiger partial charge >= 0.3 is 6.18 Å². The first-order valence-electron chi connectivity index (χ1n) is 5.25. The van der Waals surface area contributed by atoms with Crippen LogP contribution >= 0.6 is 0 Å². The van der Waals surface area contributed by atoms with Crippen LogP contribution in [0.1, 0.15) is 5.56 Å². The number of nitrogen functional groups attached to an aromatic ring is 1. The molecule has 0 amide bonds. The molecule has 0 aliphatic heterocycles. The number of anilines is 3. The van der Waals surface area contributed by atoms with Gasteiger partial charge in [-0.25, -0.2) is 0 Å². The lowest BCUT2D eigenvalue weighted by Crippen LogP contribution is -2.04. The van der Waals surface area contributed by atoms with Gasteiger partial charge in [0.2, 0.25) is 0 Å². The molecule has 0 atom stereocenters. The zero-order valence-electron chi connectivity index (χ0n) is 9.33. The van der Waals surface area contributed by atoms with E-state index in [0.29, 0.717) is 11.4 Å². The number of rotatable bonds is 2. The van der Waals surface area contributed by atoms with Gasteiger partial charge in [-0.1, -0.05) is 0 Å². The first-order valence-corrected chi connectivity index (χ1v) is 5.25. The topological polar surface area (TPSA) is 38.0 Å². The Morgan fingerprint density at radius 3 is 1.67 bits per heavy atom. The van der Waals surface area contributed by atoms with Gasteiger partial charge in [0.05, 0.1) is 5.56 Å². The number of alkyl halides is 3. The molecule has 2 aromatic rings. The molecule has 0 radical (unpaired) electrons. The molecule has 2 nitrogen and oxygen atoms in total. The third-order valence-corrected chi connectivity index (χ3v) is 2.41. The van der Waals surface area contributed by atoms with Crippen LogP contribution < -0.4 is 11.1 Å². The van der Waals surface area contributed by atoms with Crippen molar-refractivity contribution >= 4 is 17.1 Å². The van der Waals surface area contributed by atoms with Crippen LogP contribution in [0.3, 0.4) is 0 Å². The van der Waals surface area contributed by atoms with Gasteiger partial charge in [0, 0.05) is 17.1 Å². The Hall–Kier alpha value is -2.17. The molecule has 0 aliphatic rings. The lowest BCUT2D eigenvalue weighted by Gasteiger charge is -2.09. The number of benzene rings is 2. The second kappa shape index (κ2) is 4.60. The van der Waals surface area contributed by atoms with Crippen molar-refractivity contribution in [3.63, 3.8) is 0 Å². The van der Waals surface area contributed by atoms with Gasteiger partial charge in [0.25, 0.3) is 0 Å². The van der Waals surface area contributed by atoms with Gasteiger partial charge < -0.3 is 11.1 Å². The van der Waals surface area contributed by atoms with Crippen molar-refractivity contribution in [1.29, 1.82) is 0 Å². The first kappa shape index (κ1) is 12.3. The van der Waals surface area contributed by atoms with Gasteiger partial charge in [-0.15, -0.1) is 0 Å². The minimum absolute atomic E-state index is 0.591. The zero-order valence-corrected chi connectivity index (χ0v) is 9.33. The van der Waals surface area contributed by atoms with Gasteiger partial charge in [0.15, 0.2) is 0 Å². The Bertz CT molecular complexity index is 515. The summed E-state index contributed by atoms with van der Waals surface area (Å²) >= 11 is 0. The normalized spacial score (nSPS) is 11.3. The fourth-order valence-corrected chi connectivity index (χ4v) is 1.48. The summed E-state index contributed by atoms with van der Waals surface area (Å²) in [5.74, 6) is 0. The fourth-order valence-electron chi connectivity index (χ4n) is 1.48. The number of halogens is 3. The third-order valence-electron chi connectivity index (χ3n) is 2.41. The summed E-state index contributed by atoms with van der Waals surface area (Å²) in [5, 5.41) is 2.99. The van der Waals surface area contributed by atoms with Crippen molar-refractivity contribution in [3.05, 3.63) is 54.1 Å². The summed E-state index contributed by atoms with van der Waals surface area (Å²) in [5.41, 5.74) is 6.86. The lowest BCUT2D eigenvalue weighted by molar-refractivity contribution is -0.137. The summed E-state index contributed by atoms with van der Waals surface area (Å²) in [4.78, 5) is 0. The summed E-state index contributed by atoms with van der Waals surface area (Å²) in [6, 6.07) is 11.8. The molecular weight excluding hydrogens is 241 g/mol. The minimum atomic E-state index is -4.31. The van der Waals surface area contributed by atoms with E-state index in [1.165, 1.54) is 12.1 Å². The van der Waals surface area contributed by atoms with Gasteiger partial charge in [-0.3, -0.25) is 0 Å². The average Bonchev–Trinajstić information content (AvgIpc) is 2.32. The molecule has 0 heterocycles. The summed E-state index contributed by atoms with van der Waals surface area (Å²) < 4.78 is 37.1. The monoisotopic (exact) mass is 252 g/mol. The predicted molar refractivity (Wildman–Crippen MR) is 65.6 cm³/mol. The molecular formula is C13H11F3N2. The summed E-state index contributed by atoms with van der Waals surface area (Å²) in [7, 11) is 0. The van der Waals surface area contributed by atoms with Crippen molar-refractivity contribution in [3.8, 4) is 0 Å². The molecule has 0 fully saturated rings. The molecule has 18 heavy (non-hydrogen) atoms. The fraction of sp³-hybridized carbons (Fsp3) is 0.0769. The van der Waals surface area contributed by atoms with Crippen LogP contribution in [0.4, 0.5) is 30.2 Å². The van der Waals surface area contributed by atoms with E-state index in [4.69, 9.17) is 5.73 Å². The molecule has 0 saturated heterocycles. The van der Waals surface area contributed by atoms with Crippen molar-refractivity contribution in [2.24, 2.45) is 0 Å². The second-order valence-corrected chi connectivity index (χ2v) is 3.82. The Labute approximate surface area is 102 Å². The minimum Gasteiger partial charge on any atom is -0.399 e. The number of hydrogen-bond donors (Lipinski definition) is 2. The molecule has 3 N–H and O–H groups in total. The maximum Gasteiger partial charge on any atom is 0.416 e. The quantitative estimate of drug-likeness (QED) is 0.792. The maximum atomic E-state index is 12.4. The average molecular weight is 252 g/mol. The molecule has 2 rings (SSSR count). The van der Waals surface area contributed by atoms with Crippen LogP contribution in [-0.2, 0) is 6.18 Å². The zero-order chi connectivity index (χ0) is 13.2. The van der Waals surface area contributed by atoms with Crippen LogP contribution in [0.15, 0.2) is 48.5 Å². The molecule has 0 unspecified atom stereocenters. The number of nitrogens with one attached hydrogen (secondary N) is 1. The summed E-state index contributed by atoms with van der Waals surface area (Å²) in [6.07, 6.45) is -4.31. The molecule has 5 heteroatoms. The van der Waals surface area contributed by atoms with Gasteiger partial charge in [-0.2, -0.15) is 13.2 Å². The van der Waals surface area contributed by atoms with Crippen molar-refractivity contribution in [1.82, 2.24) is 0 Å². The highest BCUT2D eigenvalue weighted by Crippen LogP contribution is 2.30. The molecule has 0 aliphatic carbocycles. The largest absolute Gasteiger partial charge is 0.416 e. The van der Waals surface area contributed by atoms with Crippen molar-refractivity contribution < 1.29 is 13.2 Å². The van der Waals surface area contributed by atoms with E-state index in [-0.39, 0.29) is 0 Å². The molecule has 0 bridgehead atoms. The van der Waals surface area contributed by atoms with Crippen LogP contribution in [0, 0.1) is 0 Å². The molecule has 94 valence electrons. The molecule has 0 aromatic heterocycles. The standard InChI is InChI=1S/C13H11F3N2/c14-13(15,16)9-1-5-11(6-2-9)18-12-7-3-10(17)4-8-12/h1-8,18H,17H2. The van der Waals surface area contributed by atoms with E-state index in [0.717, 1.165) is 17.8 Å². The molecule has 0 saturated carbocycles. The second-order valence-electron chi connectivity index (χ2n) is 3.82. The van der Waals surface area contributed by atoms with Crippen molar-refractivity contribution in [2.75, 3.05) is 11.1 Å². The Morgan fingerprint density at radius 2 is 1.22 bits per heavy atom. The predicted octanol–water partition coefficient (Wildman–Crippen LogP) is 4.03. The highest BCUT2D eigenvalue weighted by atomic mass is 19.4. The number of hydrogen-bond acceptors (Lipinski definition) is 2. The van der Waals surface area contributed by atoms with Crippen molar-refractivity contribution in [2.45, 2.75) is 6.18 Å². The smallest absolute Gasteiger partial charge is 0.399 e. The molecule has 2 aromatic carbocycles. The van der Waals surface area contributed by atoms with E-state index >= 15 is 0 Å². The first-order chi connectivity index (χ1) is 8.45. The van der Waals surface area contributed by atoms with E-state index in [1.807, 2.05) is 0 Å². The van der Waals surface area contributed by atoms with Crippen LogP contribution in [-0.4, -0.2) is 0 Å². The highest BCUT2D eigenvalue weighted by Gasteiger charge is 2.29. The maximum absolute atomic E-state index is 12.4. The van der Waals surface area contributed by atoms with Crippen LogP contribution in [0.25, 0.3) is 0 Å². The Morgan fingerprint density at radius 1 is 0.778 bits per heavy atom. The number of nitrogens with two attached hydrogens (primary N) is 1. The molecule has 0 spiro atoms. The van der Waals surface area contributed by atoms with E-state index in [2.05, 4.69) is 5.32 Å². The Balaban J connectivity index is 2.13. The van der Waals surface area contributed by atoms with E-state index < -0.39 is 11.7 Å². The van der Waals surface area contributed by atoms with Crippen LogP contribution in [0.2, 0.25) is 0 Å². The van der Waals surface area contributed by atoms with Gasteiger partial charge in [-0.05, 0) is 48.5 Å². The summed E-state index contributed by atoms with van der Waals surface area (Å²) in [6.45, 7) is 0. The van der Waals surface area contributed by atoms with Crippen LogP contribution in [0.5, 0.6) is 0 Å².